The number of fused-ring (bicyclic) bond motifs is 4. The van der Waals surface area contributed by atoms with Gasteiger partial charge < -0.3 is 9.80 Å². The van der Waals surface area contributed by atoms with E-state index in [1.54, 1.807) is 0 Å². The largest absolute Gasteiger partial charge is 0.344 e. The van der Waals surface area contributed by atoms with Gasteiger partial charge in [-0.25, -0.2) is 0 Å². The Morgan fingerprint density at radius 3 is 1.89 bits per heavy atom. The lowest BCUT2D eigenvalue weighted by atomic mass is 9.99. The summed E-state index contributed by atoms with van der Waals surface area (Å²) in [5.41, 5.74) is 7.06. The summed E-state index contributed by atoms with van der Waals surface area (Å²) in [6.07, 6.45) is 8.56. The van der Waals surface area contributed by atoms with Crippen molar-refractivity contribution in [2.45, 2.75) is 6.92 Å². The number of anilines is 4. The van der Waals surface area contributed by atoms with Crippen LogP contribution in [-0.4, -0.2) is 7.05 Å². The zero-order valence-corrected chi connectivity index (χ0v) is 25.1. The summed E-state index contributed by atoms with van der Waals surface area (Å²) in [5.74, 6) is 0. The number of nitrogens with zero attached hydrogens (tertiary/aromatic N) is 2. The van der Waals surface area contributed by atoms with Crippen molar-refractivity contribution in [2.75, 3.05) is 16.8 Å². The Balaban J connectivity index is 1.26. The van der Waals surface area contributed by atoms with Gasteiger partial charge in [0, 0.05) is 41.1 Å². The standard InChI is InChI=1S/C42H34N2/c1-31-14-3-4-15-32(31)16-11-12-29-44(41-24-13-19-33-17-5-8-21-38(33)41)36-27-25-35(26-28-36)43(2)42-30-34-18-6-7-20-37(34)39-22-9-10-23-40(39)42/h3-30H,1-2H3/b16-11-,29-12+. The molecule has 0 aliphatic heterocycles. The zero-order valence-electron chi connectivity index (χ0n) is 25.1. The summed E-state index contributed by atoms with van der Waals surface area (Å²) in [7, 11) is 2.16. The van der Waals surface area contributed by atoms with Crippen LogP contribution in [0.1, 0.15) is 11.1 Å². The molecule has 0 saturated heterocycles. The minimum Gasteiger partial charge on any atom is -0.344 e. The Bertz CT molecular complexity index is 2150. The normalized spacial score (nSPS) is 11.7. The highest BCUT2D eigenvalue weighted by molar-refractivity contribution is 6.13. The van der Waals surface area contributed by atoms with Crippen LogP contribution in [0.25, 0.3) is 38.4 Å². The van der Waals surface area contributed by atoms with Gasteiger partial charge in [0.2, 0.25) is 0 Å². The van der Waals surface area contributed by atoms with Crippen LogP contribution < -0.4 is 9.80 Å². The quantitative estimate of drug-likeness (QED) is 0.140. The molecule has 0 amide bonds. The maximum absolute atomic E-state index is 2.30. The van der Waals surface area contributed by atoms with Gasteiger partial charge in [-0.1, -0.05) is 121 Å². The van der Waals surface area contributed by atoms with Gasteiger partial charge in [-0.3, -0.25) is 0 Å². The second-order valence-electron chi connectivity index (χ2n) is 11.2. The van der Waals surface area contributed by atoms with Crippen molar-refractivity contribution < 1.29 is 0 Å². The molecule has 0 radical (unpaired) electrons. The lowest BCUT2D eigenvalue weighted by Gasteiger charge is -2.25. The molecule has 0 heterocycles. The van der Waals surface area contributed by atoms with Crippen molar-refractivity contribution in [3.05, 3.63) is 175 Å². The zero-order chi connectivity index (χ0) is 29.9. The van der Waals surface area contributed by atoms with Crippen molar-refractivity contribution in [1.29, 1.82) is 0 Å². The molecule has 0 saturated carbocycles. The molecule has 0 aliphatic carbocycles. The lowest BCUT2D eigenvalue weighted by Crippen LogP contribution is -2.12. The molecule has 0 N–H and O–H groups in total. The smallest absolute Gasteiger partial charge is 0.0533 e. The van der Waals surface area contributed by atoms with Crippen LogP contribution in [0.2, 0.25) is 0 Å². The molecule has 7 rings (SSSR count). The molecule has 0 aromatic heterocycles. The molecule has 7 aromatic rings. The highest BCUT2D eigenvalue weighted by atomic mass is 15.1. The predicted octanol–water partition coefficient (Wildman–Crippen LogP) is 11.6. The first-order chi connectivity index (χ1) is 21.7. The number of hydrogen-bond acceptors (Lipinski definition) is 2. The monoisotopic (exact) mass is 566 g/mol. The summed E-state index contributed by atoms with van der Waals surface area (Å²) < 4.78 is 0. The Morgan fingerprint density at radius 1 is 0.477 bits per heavy atom. The van der Waals surface area contributed by atoms with Crippen LogP contribution >= 0.6 is 0 Å². The molecule has 212 valence electrons. The first-order valence-electron chi connectivity index (χ1n) is 15.1. The Kier molecular flexibility index (Phi) is 7.40. The maximum atomic E-state index is 2.30. The van der Waals surface area contributed by atoms with E-state index in [1.165, 1.54) is 49.1 Å². The molecule has 2 heteroatoms. The summed E-state index contributed by atoms with van der Waals surface area (Å²) in [4.78, 5) is 4.57. The number of hydrogen-bond donors (Lipinski definition) is 0. The second-order valence-corrected chi connectivity index (χ2v) is 11.2. The van der Waals surface area contributed by atoms with Gasteiger partial charge >= 0.3 is 0 Å². The number of allylic oxidation sites excluding steroid dienone is 2. The summed E-state index contributed by atoms with van der Waals surface area (Å²) >= 11 is 0. The fourth-order valence-electron chi connectivity index (χ4n) is 6.08. The van der Waals surface area contributed by atoms with Crippen molar-refractivity contribution in [3.8, 4) is 0 Å². The molecular weight excluding hydrogens is 532 g/mol. The fraction of sp³-hybridized carbons (Fsp3) is 0.0476. The maximum Gasteiger partial charge on any atom is 0.0533 e. The van der Waals surface area contributed by atoms with E-state index in [2.05, 4.69) is 194 Å². The van der Waals surface area contributed by atoms with Crippen molar-refractivity contribution in [1.82, 2.24) is 0 Å². The van der Waals surface area contributed by atoms with Gasteiger partial charge in [0.1, 0.15) is 0 Å². The first-order valence-corrected chi connectivity index (χ1v) is 15.1. The highest BCUT2D eigenvalue weighted by Crippen LogP contribution is 2.38. The van der Waals surface area contributed by atoms with Gasteiger partial charge in [0.25, 0.3) is 0 Å². The van der Waals surface area contributed by atoms with E-state index in [4.69, 9.17) is 0 Å². The number of aryl methyl sites for hydroxylation is 1. The van der Waals surface area contributed by atoms with Gasteiger partial charge in [0.15, 0.2) is 0 Å². The van der Waals surface area contributed by atoms with Gasteiger partial charge in [-0.15, -0.1) is 0 Å². The van der Waals surface area contributed by atoms with Gasteiger partial charge in [0.05, 0.1) is 5.69 Å². The molecule has 0 aliphatic rings. The van der Waals surface area contributed by atoms with Crippen LogP contribution in [0.15, 0.2) is 164 Å². The van der Waals surface area contributed by atoms with Crippen LogP contribution in [-0.2, 0) is 0 Å². The molecule has 0 atom stereocenters. The molecular formula is C42H34N2. The molecule has 0 spiro atoms. The van der Waals surface area contributed by atoms with E-state index < -0.39 is 0 Å². The predicted molar refractivity (Wildman–Crippen MR) is 191 cm³/mol. The first kappa shape index (κ1) is 27.2. The van der Waals surface area contributed by atoms with Gasteiger partial charge in [-0.05, 0) is 82.1 Å². The molecule has 0 unspecified atom stereocenters. The molecule has 0 fully saturated rings. The lowest BCUT2D eigenvalue weighted by molar-refractivity contribution is 1.22. The molecule has 44 heavy (non-hydrogen) atoms. The highest BCUT2D eigenvalue weighted by Gasteiger charge is 2.14. The van der Waals surface area contributed by atoms with Crippen LogP contribution in [0.5, 0.6) is 0 Å². The summed E-state index contributed by atoms with van der Waals surface area (Å²) in [5, 5.41) is 7.48. The number of benzene rings is 7. The van der Waals surface area contributed by atoms with E-state index in [9.17, 15) is 0 Å². The third-order valence-electron chi connectivity index (χ3n) is 8.46. The Hall–Kier alpha value is -5.60. The summed E-state index contributed by atoms with van der Waals surface area (Å²) in [6, 6.07) is 52.0. The molecule has 0 bridgehead atoms. The van der Waals surface area contributed by atoms with Crippen LogP contribution in [0.3, 0.4) is 0 Å². The minimum atomic E-state index is 1.10. The fourth-order valence-corrected chi connectivity index (χ4v) is 6.08. The van der Waals surface area contributed by atoms with E-state index in [-0.39, 0.29) is 0 Å². The van der Waals surface area contributed by atoms with Crippen LogP contribution in [0, 0.1) is 6.92 Å². The Morgan fingerprint density at radius 2 is 1.09 bits per heavy atom. The number of rotatable bonds is 7. The van der Waals surface area contributed by atoms with Gasteiger partial charge in [-0.2, -0.15) is 0 Å². The molecule has 7 aromatic carbocycles. The summed E-state index contributed by atoms with van der Waals surface area (Å²) in [6.45, 7) is 2.14. The van der Waals surface area contributed by atoms with Crippen molar-refractivity contribution in [2.24, 2.45) is 0 Å². The minimum absolute atomic E-state index is 1.10. The third kappa shape index (κ3) is 5.23. The molecule has 2 nitrogen and oxygen atoms in total. The third-order valence-corrected chi connectivity index (χ3v) is 8.46. The van der Waals surface area contributed by atoms with E-state index in [1.807, 2.05) is 0 Å². The van der Waals surface area contributed by atoms with E-state index >= 15 is 0 Å². The van der Waals surface area contributed by atoms with Crippen molar-refractivity contribution in [3.63, 3.8) is 0 Å². The topological polar surface area (TPSA) is 6.48 Å². The second kappa shape index (κ2) is 11.9. The van der Waals surface area contributed by atoms with E-state index in [0.717, 1.165) is 17.1 Å². The van der Waals surface area contributed by atoms with Crippen molar-refractivity contribution >= 4 is 61.1 Å². The average molecular weight is 567 g/mol. The van der Waals surface area contributed by atoms with E-state index in [0.29, 0.717) is 0 Å². The SMILES string of the molecule is Cc1ccccc1/C=C\C=C\N(c1ccc(N(C)c2cc3ccccc3c3ccccc23)cc1)c1cccc2ccccc12. The average Bonchev–Trinajstić information content (AvgIpc) is 3.08. The Labute approximate surface area is 259 Å². The van der Waals surface area contributed by atoms with Crippen LogP contribution in [0.4, 0.5) is 22.7 Å².